The van der Waals surface area contributed by atoms with Crippen LogP contribution in [0.25, 0.3) is 0 Å². The molecule has 2 bridgehead atoms. The van der Waals surface area contributed by atoms with Crippen LogP contribution in [-0.4, -0.2) is 84.4 Å². The summed E-state index contributed by atoms with van der Waals surface area (Å²) in [5.41, 5.74) is 6.34. The molecule has 37 heavy (non-hydrogen) atoms. The summed E-state index contributed by atoms with van der Waals surface area (Å²) in [6.45, 7) is 8.77. The number of benzene rings is 2. The van der Waals surface area contributed by atoms with Gasteiger partial charge in [-0.05, 0) is 54.7 Å². The number of morpholine rings is 1. The van der Waals surface area contributed by atoms with E-state index in [-0.39, 0.29) is 36.7 Å². The quantitative estimate of drug-likeness (QED) is 0.598. The first kappa shape index (κ1) is 24.6. The highest BCUT2D eigenvalue weighted by atomic mass is 16.5. The van der Waals surface area contributed by atoms with Crippen LogP contribution in [0.4, 0.5) is 0 Å². The van der Waals surface area contributed by atoms with E-state index in [1.807, 2.05) is 32.0 Å². The average molecular weight is 507 g/mol. The lowest BCUT2D eigenvalue weighted by Gasteiger charge is -2.50. The number of aliphatic hydroxyl groups is 1. The van der Waals surface area contributed by atoms with Crippen LogP contribution in [-0.2, 0) is 33.7 Å². The predicted octanol–water partition coefficient (Wildman–Crippen LogP) is 2.43. The van der Waals surface area contributed by atoms with Crippen molar-refractivity contribution in [2.45, 2.75) is 57.6 Å². The van der Waals surface area contributed by atoms with Gasteiger partial charge in [0.15, 0.2) is 0 Å². The zero-order valence-electron chi connectivity index (χ0n) is 21.4. The third kappa shape index (κ3) is 4.68. The van der Waals surface area contributed by atoms with Crippen LogP contribution >= 0.6 is 0 Å². The molecule has 2 unspecified atom stereocenters. The highest BCUT2D eigenvalue weighted by Crippen LogP contribution is 2.31. The van der Waals surface area contributed by atoms with Crippen molar-refractivity contribution in [3.05, 3.63) is 69.3 Å². The molecule has 0 spiro atoms. The molecule has 0 aromatic heterocycles. The van der Waals surface area contributed by atoms with Gasteiger partial charge in [0.1, 0.15) is 12.7 Å². The number of cyclic esters (lactones) is 2. The molecule has 0 amide bonds. The Labute approximate surface area is 217 Å². The fourth-order valence-corrected chi connectivity index (χ4v) is 6.38. The van der Waals surface area contributed by atoms with Gasteiger partial charge in [0, 0.05) is 50.2 Å². The number of piperazine rings is 1. The van der Waals surface area contributed by atoms with Crippen LogP contribution in [0.2, 0.25) is 0 Å². The highest BCUT2D eigenvalue weighted by Gasteiger charge is 2.39. The molecule has 2 fully saturated rings. The minimum Gasteiger partial charge on any atom is -0.459 e. The zero-order chi connectivity index (χ0) is 25.7. The fourth-order valence-electron chi connectivity index (χ4n) is 6.38. The number of aliphatic hydroxyl groups excluding tert-OH is 1. The standard InChI is InChI=1S/C29H34N2O6/c1-17-9-20-10-19(3-4-24(20)29(34)37-17)7-8-30-11-21-14-35-15-22(12-30)31(21)13-27(32)23-5-6-25-26(18(23)2)16-36-28(25)33/h3-6,10,17,21-22,27,32H,7-9,11-16H2,1-2H3/t17-,21?,22?,27-/m1/s1. The molecule has 0 aliphatic carbocycles. The normalized spacial score (nSPS) is 26.3. The van der Waals surface area contributed by atoms with Crippen LogP contribution in [0, 0.1) is 6.92 Å². The van der Waals surface area contributed by atoms with E-state index < -0.39 is 6.10 Å². The highest BCUT2D eigenvalue weighted by molar-refractivity contribution is 5.94. The summed E-state index contributed by atoms with van der Waals surface area (Å²) >= 11 is 0. The van der Waals surface area contributed by atoms with E-state index in [4.69, 9.17) is 14.2 Å². The van der Waals surface area contributed by atoms with Crippen LogP contribution in [0.15, 0.2) is 30.3 Å². The summed E-state index contributed by atoms with van der Waals surface area (Å²) in [7, 11) is 0. The van der Waals surface area contributed by atoms with Gasteiger partial charge in [-0.2, -0.15) is 0 Å². The number of fused-ring (bicyclic) bond motifs is 4. The first-order valence-corrected chi connectivity index (χ1v) is 13.2. The van der Waals surface area contributed by atoms with E-state index in [1.165, 1.54) is 5.56 Å². The summed E-state index contributed by atoms with van der Waals surface area (Å²) in [6, 6.07) is 10.2. The number of ether oxygens (including phenoxy) is 3. The fraction of sp³-hybridized carbons (Fsp3) is 0.517. The Hall–Kier alpha value is -2.78. The van der Waals surface area contributed by atoms with Crippen LogP contribution < -0.4 is 0 Å². The van der Waals surface area contributed by atoms with Crippen molar-refractivity contribution >= 4 is 11.9 Å². The monoisotopic (exact) mass is 506 g/mol. The average Bonchev–Trinajstić information content (AvgIpc) is 3.24. The number of hydrogen-bond donors (Lipinski definition) is 1. The van der Waals surface area contributed by atoms with Crippen LogP contribution in [0.3, 0.4) is 0 Å². The number of nitrogens with zero attached hydrogens (tertiary/aromatic N) is 2. The number of rotatable bonds is 6. The molecule has 2 aromatic rings. The molecule has 1 N–H and O–H groups in total. The van der Waals surface area contributed by atoms with Gasteiger partial charge in [0.25, 0.3) is 0 Å². The molecule has 0 saturated carbocycles. The number of esters is 2. The van der Waals surface area contributed by atoms with Gasteiger partial charge in [-0.15, -0.1) is 0 Å². The summed E-state index contributed by atoms with van der Waals surface area (Å²) in [5, 5.41) is 11.2. The first-order valence-electron chi connectivity index (χ1n) is 13.2. The topological polar surface area (TPSA) is 88.5 Å². The van der Waals surface area contributed by atoms with Crippen molar-refractivity contribution in [3.63, 3.8) is 0 Å². The Morgan fingerprint density at radius 2 is 1.81 bits per heavy atom. The molecule has 4 heterocycles. The van der Waals surface area contributed by atoms with Crippen molar-refractivity contribution in [1.82, 2.24) is 9.80 Å². The maximum Gasteiger partial charge on any atom is 0.338 e. The molecule has 8 heteroatoms. The third-order valence-electron chi connectivity index (χ3n) is 8.37. The largest absolute Gasteiger partial charge is 0.459 e. The maximum atomic E-state index is 12.1. The molecular weight excluding hydrogens is 472 g/mol. The Morgan fingerprint density at radius 3 is 2.59 bits per heavy atom. The zero-order valence-corrected chi connectivity index (χ0v) is 21.4. The second-order valence-electron chi connectivity index (χ2n) is 10.9. The minimum atomic E-state index is -0.639. The van der Waals surface area contributed by atoms with Crippen LogP contribution in [0.1, 0.15) is 61.6 Å². The summed E-state index contributed by atoms with van der Waals surface area (Å²) in [5.74, 6) is -0.502. The Bertz CT molecular complexity index is 1220. The van der Waals surface area contributed by atoms with E-state index in [1.54, 1.807) is 6.07 Å². The van der Waals surface area contributed by atoms with Crippen molar-refractivity contribution in [3.8, 4) is 0 Å². The van der Waals surface area contributed by atoms with Crippen molar-refractivity contribution in [2.24, 2.45) is 0 Å². The molecule has 6 rings (SSSR count). The molecule has 4 atom stereocenters. The van der Waals surface area contributed by atoms with Gasteiger partial charge in [-0.3, -0.25) is 9.80 Å². The molecule has 2 aromatic carbocycles. The Kier molecular flexibility index (Phi) is 6.52. The molecule has 8 nitrogen and oxygen atoms in total. The lowest BCUT2D eigenvalue weighted by atomic mass is 9.94. The van der Waals surface area contributed by atoms with Gasteiger partial charge < -0.3 is 19.3 Å². The Morgan fingerprint density at radius 1 is 1.05 bits per heavy atom. The van der Waals surface area contributed by atoms with E-state index in [9.17, 15) is 14.7 Å². The molecule has 4 aliphatic heterocycles. The molecule has 196 valence electrons. The van der Waals surface area contributed by atoms with E-state index in [0.29, 0.717) is 30.9 Å². The maximum absolute atomic E-state index is 12.1. The van der Waals surface area contributed by atoms with Gasteiger partial charge in [-0.1, -0.05) is 18.2 Å². The lowest BCUT2D eigenvalue weighted by Crippen LogP contribution is -2.65. The van der Waals surface area contributed by atoms with Gasteiger partial charge >= 0.3 is 11.9 Å². The van der Waals surface area contributed by atoms with Gasteiger partial charge in [-0.25, -0.2) is 9.59 Å². The third-order valence-corrected chi connectivity index (χ3v) is 8.37. The predicted molar refractivity (Wildman–Crippen MR) is 136 cm³/mol. The SMILES string of the molecule is Cc1c([C@H](O)CN2C3COCC2CN(CCc2ccc4c(c2)C[C@@H](C)OC4=O)C3)ccc2c1COC2=O. The molecular formula is C29H34N2O6. The molecule has 2 saturated heterocycles. The second kappa shape index (κ2) is 9.83. The van der Waals surface area contributed by atoms with Crippen LogP contribution in [0.5, 0.6) is 0 Å². The van der Waals surface area contributed by atoms with Crippen molar-refractivity contribution < 1.29 is 28.9 Å². The minimum absolute atomic E-state index is 0.0746. The summed E-state index contributed by atoms with van der Waals surface area (Å²) in [4.78, 5) is 28.9. The van der Waals surface area contributed by atoms with E-state index in [2.05, 4.69) is 15.9 Å². The van der Waals surface area contributed by atoms with Gasteiger partial charge in [0.05, 0.1) is 30.4 Å². The number of carbonyl (C=O) groups excluding carboxylic acids is 2. The summed E-state index contributed by atoms with van der Waals surface area (Å²) in [6.07, 6.45) is 0.980. The molecule has 0 radical (unpaired) electrons. The van der Waals surface area contributed by atoms with E-state index >= 15 is 0 Å². The lowest BCUT2D eigenvalue weighted by molar-refractivity contribution is -0.108. The first-order chi connectivity index (χ1) is 17.9. The van der Waals surface area contributed by atoms with E-state index in [0.717, 1.165) is 54.7 Å². The number of carbonyl (C=O) groups is 2. The second-order valence-corrected chi connectivity index (χ2v) is 10.9. The van der Waals surface area contributed by atoms with Crippen molar-refractivity contribution in [2.75, 3.05) is 39.4 Å². The smallest absolute Gasteiger partial charge is 0.338 e. The molecule has 4 aliphatic rings. The summed E-state index contributed by atoms with van der Waals surface area (Å²) < 4.78 is 16.4. The van der Waals surface area contributed by atoms with Crippen molar-refractivity contribution in [1.29, 1.82) is 0 Å². The Balaban J connectivity index is 1.09. The number of hydrogen-bond acceptors (Lipinski definition) is 8. The van der Waals surface area contributed by atoms with Gasteiger partial charge in [0.2, 0.25) is 0 Å².